The molecule has 3 heterocycles. The summed E-state index contributed by atoms with van der Waals surface area (Å²) in [6.07, 6.45) is 3.06. The number of carbonyl (C=O) groups is 1. The van der Waals surface area contributed by atoms with Crippen molar-refractivity contribution in [2.24, 2.45) is 17.8 Å². The summed E-state index contributed by atoms with van der Waals surface area (Å²) in [7, 11) is 0. The summed E-state index contributed by atoms with van der Waals surface area (Å²) in [6, 6.07) is 8.06. The molecule has 4 rings (SSSR count). The summed E-state index contributed by atoms with van der Waals surface area (Å²) in [5.41, 5.74) is 4.33. The number of esters is 1. The third-order valence-corrected chi connectivity index (χ3v) is 6.81. The number of hydrogen-bond acceptors (Lipinski definition) is 6. The summed E-state index contributed by atoms with van der Waals surface area (Å²) in [6.45, 7) is 10.1. The summed E-state index contributed by atoms with van der Waals surface area (Å²) in [5.74, 6) is 0.552. The average Bonchev–Trinajstić information content (AvgIpc) is 3.47. The highest BCUT2D eigenvalue weighted by Crippen LogP contribution is 2.29. The highest BCUT2D eigenvalue weighted by Gasteiger charge is 2.26. The van der Waals surface area contributed by atoms with Crippen LogP contribution in [0.3, 0.4) is 0 Å². The Kier molecular flexibility index (Phi) is 8.26. The molecular weight excluding hydrogens is 458 g/mol. The fraction of sp³-hybridized carbons (Fsp3) is 0.536. The Balaban J connectivity index is 1.61. The van der Waals surface area contributed by atoms with Crippen molar-refractivity contribution in [1.29, 1.82) is 0 Å². The average molecular weight is 496 g/mol. The van der Waals surface area contributed by atoms with Gasteiger partial charge in [-0.2, -0.15) is 0 Å². The number of aryl methyl sites for hydroxylation is 2. The number of hydrogen-bond donors (Lipinski definition) is 2. The maximum atomic E-state index is 12.5. The number of aliphatic hydroxyl groups excluding tert-OH is 1. The third-order valence-electron chi connectivity index (χ3n) is 6.81. The third kappa shape index (κ3) is 6.05. The van der Waals surface area contributed by atoms with Crippen molar-refractivity contribution in [1.82, 2.24) is 14.5 Å². The maximum Gasteiger partial charge on any atom is 0.311 e. The van der Waals surface area contributed by atoms with Gasteiger partial charge in [0.1, 0.15) is 5.82 Å². The number of rotatable bonds is 10. The molecule has 1 aromatic carbocycles. The molecule has 8 nitrogen and oxygen atoms in total. The number of pyridine rings is 1. The number of carbonyl (C=O) groups excluding carboxylic acids is 1. The van der Waals surface area contributed by atoms with E-state index < -0.39 is 12.0 Å². The molecule has 0 radical (unpaired) electrons. The van der Waals surface area contributed by atoms with Crippen LogP contribution in [-0.2, 0) is 27.2 Å². The fourth-order valence-electron chi connectivity index (χ4n) is 4.68. The number of benzene rings is 1. The molecule has 1 unspecified atom stereocenters. The molecule has 1 saturated heterocycles. The fourth-order valence-corrected chi connectivity index (χ4v) is 4.68. The van der Waals surface area contributed by atoms with Crippen molar-refractivity contribution in [2.75, 3.05) is 19.8 Å². The van der Waals surface area contributed by atoms with Gasteiger partial charge in [0, 0.05) is 36.4 Å². The number of nitrogens with one attached hydrogen (secondary N) is 1. The van der Waals surface area contributed by atoms with Gasteiger partial charge >= 0.3 is 5.97 Å². The molecule has 1 aliphatic heterocycles. The van der Waals surface area contributed by atoms with Crippen molar-refractivity contribution in [3.05, 3.63) is 51.9 Å². The smallest absolute Gasteiger partial charge is 0.311 e. The minimum atomic E-state index is -0.781. The van der Waals surface area contributed by atoms with E-state index in [1.54, 1.807) is 20.0 Å². The molecule has 0 saturated carbocycles. The first-order valence-electron chi connectivity index (χ1n) is 12.8. The molecule has 0 bridgehead atoms. The van der Waals surface area contributed by atoms with Crippen LogP contribution in [0.5, 0.6) is 0 Å². The van der Waals surface area contributed by atoms with Crippen LogP contribution in [0.1, 0.15) is 44.7 Å². The van der Waals surface area contributed by atoms with E-state index in [-0.39, 0.29) is 17.4 Å². The number of nitrogens with zero attached hydrogens (tertiary/aromatic N) is 2. The van der Waals surface area contributed by atoms with Crippen molar-refractivity contribution in [3.8, 4) is 11.4 Å². The Bertz CT molecular complexity index is 1250. The van der Waals surface area contributed by atoms with Crippen molar-refractivity contribution in [3.63, 3.8) is 0 Å². The van der Waals surface area contributed by atoms with Crippen LogP contribution in [0.4, 0.5) is 0 Å². The van der Waals surface area contributed by atoms with Crippen LogP contribution in [0.15, 0.2) is 35.3 Å². The van der Waals surface area contributed by atoms with Gasteiger partial charge in [-0.15, -0.1) is 0 Å². The van der Waals surface area contributed by atoms with Gasteiger partial charge in [0.15, 0.2) is 0 Å². The molecule has 8 heteroatoms. The molecule has 0 aliphatic carbocycles. The molecule has 1 fully saturated rings. The lowest BCUT2D eigenvalue weighted by molar-refractivity contribution is -0.153. The zero-order chi connectivity index (χ0) is 25.8. The van der Waals surface area contributed by atoms with Gasteiger partial charge in [-0.1, -0.05) is 19.9 Å². The van der Waals surface area contributed by atoms with Crippen molar-refractivity contribution in [2.45, 2.75) is 59.6 Å². The second-order valence-electron chi connectivity index (χ2n) is 10.4. The summed E-state index contributed by atoms with van der Waals surface area (Å²) in [4.78, 5) is 32.2. The summed E-state index contributed by atoms with van der Waals surface area (Å²) >= 11 is 0. The van der Waals surface area contributed by atoms with E-state index in [4.69, 9.17) is 14.5 Å². The van der Waals surface area contributed by atoms with E-state index in [1.807, 2.05) is 19.9 Å². The van der Waals surface area contributed by atoms with Gasteiger partial charge in [-0.3, -0.25) is 9.59 Å². The second kappa shape index (κ2) is 11.4. The number of aromatic amines is 1. The van der Waals surface area contributed by atoms with E-state index in [0.29, 0.717) is 30.9 Å². The first kappa shape index (κ1) is 26.1. The number of aromatic nitrogens is 3. The Labute approximate surface area is 211 Å². The number of ether oxygens (including phenoxy) is 2. The van der Waals surface area contributed by atoms with Gasteiger partial charge < -0.3 is 24.1 Å². The Hall–Kier alpha value is -2.97. The Morgan fingerprint density at radius 3 is 2.78 bits per heavy atom. The van der Waals surface area contributed by atoms with E-state index in [1.165, 1.54) is 0 Å². The van der Waals surface area contributed by atoms with Gasteiger partial charge in [-0.25, -0.2) is 4.98 Å². The number of aliphatic hydroxyl groups is 1. The van der Waals surface area contributed by atoms with Gasteiger partial charge in [0.05, 0.1) is 36.3 Å². The highest BCUT2D eigenvalue weighted by atomic mass is 16.5. The van der Waals surface area contributed by atoms with Crippen LogP contribution in [-0.4, -0.2) is 51.5 Å². The number of H-pyrrole nitrogens is 1. The van der Waals surface area contributed by atoms with Gasteiger partial charge in [0.25, 0.3) is 5.56 Å². The molecule has 3 atom stereocenters. The highest BCUT2D eigenvalue weighted by molar-refractivity contribution is 5.81. The Morgan fingerprint density at radius 1 is 1.31 bits per heavy atom. The molecule has 194 valence electrons. The van der Waals surface area contributed by atoms with Crippen LogP contribution in [0, 0.1) is 24.7 Å². The van der Waals surface area contributed by atoms with Crippen LogP contribution in [0.2, 0.25) is 0 Å². The molecule has 0 spiro atoms. The first-order chi connectivity index (χ1) is 17.2. The number of fused-ring (bicyclic) bond motifs is 1. The summed E-state index contributed by atoms with van der Waals surface area (Å²) in [5, 5.41) is 10.2. The molecule has 2 N–H and O–H groups in total. The topological polar surface area (TPSA) is 106 Å². The monoisotopic (exact) mass is 495 g/mol. The number of imidazole rings is 1. The zero-order valence-electron chi connectivity index (χ0n) is 21.6. The molecule has 1 aliphatic rings. The SMILES string of the molecule is Cc1cc(-c2nc3cc(CC[C@H](C(=O)OCC(C)C)[C@@H](C)O)ccc3n2CC2CCOC2)c[nH]c1=O. The molecule has 3 aromatic rings. The van der Waals surface area contributed by atoms with Crippen molar-refractivity contribution >= 4 is 17.0 Å². The molecule has 0 amide bonds. The predicted molar refractivity (Wildman–Crippen MR) is 139 cm³/mol. The molecule has 36 heavy (non-hydrogen) atoms. The normalized spacial score (nSPS) is 17.6. The van der Waals surface area contributed by atoms with E-state index in [9.17, 15) is 14.7 Å². The first-order valence-corrected chi connectivity index (χ1v) is 12.8. The van der Waals surface area contributed by atoms with E-state index in [0.717, 1.165) is 54.2 Å². The largest absolute Gasteiger partial charge is 0.465 e. The maximum absolute atomic E-state index is 12.5. The standard InChI is InChI=1S/C28H37N3O5/c1-17(2)15-36-28(34)23(19(4)32)7-5-20-6-8-25-24(12-20)30-26(22-11-18(3)27(33)29-13-22)31(25)14-21-9-10-35-16-21/h6,8,11-13,17,19,21,23,32H,5,7,9-10,14-16H2,1-4H3,(H,29,33)/t19-,21?,23+/m1/s1. The van der Waals surface area contributed by atoms with Gasteiger partial charge in [0.2, 0.25) is 0 Å². The lowest BCUT2D eigenvalue weighted by Gasteiger charge is -2.19. The van der Waals surface area contributed by atoms with Crippen LogP contribution in [0.25, 0.3) is 22.4 Å². The quantitative estimate of drug-likeness (QED) is 0.414. The van der Waals surface area contributed by atoms with Gasteiger partial charge in [-0.05, 0) is 62.8 Å². The summed E-state index contributed by atoms with van der Waals surface area (Å²) < 4.78 is 13.2. The zero-order valence-corrected chi connectivity index (χ0v) is 21.6. The van der Waals surface area contributed by atoms with Crippen LogP contribution < -0.4 is 5.56 Å². The minimum absolute atomic E-state index is 0.104. The predicted octanol–water partition coefficient (Wildman–Crippen LogP) is 3.87. The minimum Gasteiger partial charge on any atom is -0.465 e. The van der Waals surface area contributed by atoms with Crippen LogP contribution >= 0.6 is 0 Å². The molecular formula is C28H37N3O5. The second-order valence-corrected chi connectivity index (χ2v) is 10.4. The lowest BCUT2D eigenvalue weighted by atomic mass is 9.95. The molecule has 2 aromatic heterocycles. The Morgan fingerprint density at radius 2 is 2.11 bits per heavy atom. The van der Waals surface area contributed by atoms with E-state index >= 15 is 0 Å². The van der Waals surface area contributed by atoms with Crippen molar-refractivity contribution < 1.29 is 19.4 Å². The lowest BCUT2D eigenvalue weighted by Crippen LogP contribution is -2.29. The van der Waals surface area contributed by atoms with E-state index in [2.05, 4.69) is 27.8 Å².